The Hall–Kier alpha value is -12.1. The predicted octanol–water partition coefficient (Wildman–Crippen LogP) is 16.3. The Morgan fingerprint density at radius 3 is 1.02 bits per heavy atom. The second kappa shape index (κ2) is 42.8. The SMILES string of the molecule is CCN(Cc1cccc(S(=O)(=O)[O-])c1)c1ccc(C(=C2C=CC(=[N+](CC)Cc3cccc(S(=O)(=O)[O-])c3)C=C2)c2ccc(O)cc2S(=O)(=O)[O-])cc1.CC[NH+]=C1C=CC(=C(c2ccc(N(CC)CC)cc2)c2ccc(N(CC)CC)cc2)c2ccccc21.CC[NH+]=C1C=CC(=C(c2ccc(N(CC)CC)cc2)c2ccc(N(CC)CC)cc2)c2ccccc21. The van der Waals surface area contributed by atoms with E-state index < -0.39 is 41.0 Å². The van der Waals surface area contributed by atoms with Crippen molar-refractivity contribution in [1.29, 1.82) is 0 Å². The van der Waals surface area contributed by atoms with E-state index in [1.165, 1.54) is 150 Å². The molecule has 0 saturated carbocycles. The quantitative estimate of drug-likeness (QED) is 0.0280. The summed E-state index contributed by atoms with van der Waals surface area (Å²) in [5.74, 6) is -0.400. The summed E-state index contributed by atoms with van der Waals surface area (Å²) in [6, 6.07) is 76.1. The lowest BCUT2D eigenvalue weighted by molar-refractivity contribution is -0.539. The molecule has 0 spiro atoms. The zero-order valence-corrected chi connectivity index (χ0v) is 75.5. The van der Waals surface area contributed by atoms with E-state index in [9.17, 15) is 44.0 Å². The molecule has 124 heavy (non-hydrogen) atoms. The number of anilines is 5. The summed E-state index contributed by atoms with van der Waals surface area (Å²) in [6.07, 6.45) is 16.1. The number of fused-ring (bicyclic) bond motifs is 2. The Kier molecular flexibility index (Phi) is 32.0. The Balaban J connectivity index is 0.000000186. The molecule has 21 heteroatoms. The molecular formula is C103H114N8O10S3. The van der Waals surface area contributed by atoms with Crippen LogP contribution < -0.4 is 34.5 Å². The van der Waals surface area contributed by atoms with Gasteiger partial charge in [0.1, 0.15) is 55.7 Å². The van der Waals surface area contributed by atoms with Crippen LogP contribution in [0.1, 0.15) is 150 Å². The number of nitrogens with zero attached hydrogens (tertiary/aromatic N) is 6. The van der Waals surface area contributed by atoms with Crippen LogP contribution in [0.4, 0.5) is 28.4 Å². The summed E-state index contributed by atoms with van der Waals surface area (Å²) in [5.41, 5.74) is 26.8. The van der Waals surface area contributed by atoms with E-state index in [2.05, 4.69) is 269 Å². The van der Waals surface area contributed by atoms with Gasteiger partial charge in [0.2, 0.25) is 11.4 Å². The second-order valence-electron chi connectivity index (χ2n) is 29.9. The minimum atomic E-state index is -5.04. The number of aromatic hydroxyl groups is 1. The summed E-state index contributed by atoms with van der Waals surface area (Å²) in [4.78, 5) is 17.3. The molecule has 0 radical (unpaired) electrons. The highest BCUT2D eigenvalue weighted by Crippen LogP contribution is 2.42. The topological polar surface area (TPSA) is 239 Å². The van der Waals surface area contributed by atoms with E-state index in [1.807, 2.05) is 23.3 Å². The van der Waals surface area contributed by atoms with Crippen LogP contribution in [0.25, 0.3) is 27.9 Å². The van der Waals surface area contributed by atoms with Crippen molar-refractivity contribution in [2.75, 3.05) is 103 Å². The first-order valence-corrected chi connectivity index (χ1v) is 47.1. The van der Waals surface area contributed by atoms with Gasteiger partial charge in [0.15, 0.2) is 12.3 Å². The summed E-state index contributed by atoms with van der Waals surface area (Å²) < 4.78 is 109. The Morgan fingerprint density at radius 2 is 0.677 bits per heavy atom. The maximum atomic E-state index is 12.4. The van der Waals surface area contributed by atoms with Gasteiger partial charge in [-0.1, -0.05) is 121 Å². The highest BCUT2D eigenvalue weighted by Gasteiger charge is 2.27. The average molecular weight is 1720 g/mol. The van der Waals surface area contributed by atoms with Gasteiger partial charge in [-0.05, 0) is 301 Å². The van der Waals surface area contributed by atoms with Gasteiger partial charge in [-0.3, -0.25) is 0 Å². The lowest BCUT2D eigenvalue weighted by Gasteiger charge is -2.25. The van der Waals surface area contributed by atoms with E-state index >= 15 is 0 Å². The molecule has 3 aliphatic carbocycles. The van der Waals surface area contributed by atoms with Crippen LogP contribution in [0.3, 0.4) is 0 Å². The minimum absolute atomic E-state index is 0.0688. The molecule has 644 valence electrons. The van der Waals surface area contributed by atoms with Gasteiger partial charge < -0.3 is 43.3 Å². The lowest BCUT2D eigenvalue weighted by Crippen LogP contribution is -2.72. The average Bonchev–Trinajstić information content (AvgIpc) is 0.778. The predicted molar refractivity (Wildman–Crippen MR) is 506 cm³/mol. The molecule has 0 heterocycles. The summed E-state index contributed by atoms with van der Waals surface area (Å²) in [6.45, 7) is 37.3. The molecule has 0 fully saturated rings. The molecule has 0 atom stereocenters. The number of phenols is 1. The molecule has 0 unspecified atom stereocenters. The molecular weight excluding hydrogens is 1610 g/mol. The molecule has 10 aromatic rings. The first-order chi connectivity index (χ1) is 59.8. The zero-order chi connectivity index (χ0) is 88.8. The fourth-order valence-corrected chi connectivity index (χ4v) is 18.1. The smallest absolute Gasteiger partial charge is 0.206 e. The number of allylic oxidation sites excluding steroid dienone is 11. The minimum Gasteiger partial charge on any atom is -0.744 e. The van der Waals surface area contributed by atoms with Crippen LogP contribution in [0.5, 0.6) is 5.75 Å². The highest BCUT2D eigenvalue weighted by molar-refractivity contribution is 7.86. The largest absolute Gasteiger partial charge is 0.744 e. The number of hydrogen-bond acceptors (Lipinski definition) is 15. The maximum Gasteiger partial charge on any atom is 0.206 e. The summed E-state index contributed by atoms with van der Waals surface area (Å²) in [7, 11) is -14.3. The fraction of sp³-hybridized carbons (Fsp3) is 0.252. The Labute approximate surface area is 734 Å². The van der Waals surface area contributed by atoms with Crippen molar-refractivity contribution in [3.63, 3.8) is 0 Å². The van der Waals surface area contributed by atoms with Gasteiger partial charge in [0.25, 0.3) is 0 Å². The van der Waals surface area contributed by atoms with Gasteiger partial charge in [-0.15, -0.1) is 0 Å². The number of phenolic OH excluding ortho intramolecular Hbond substituents is 1. The third-order valence-corrected chi connectivity index (χ3v) is 25.2. The van der Waals surface area contributed by atoms with E-state index in [1.54, 1.807) is 60.7 Å². The summed E-state index contributed by atoms with van der Waals surface area (Å²) in [5, 5.41) is 10.1. The number of benzene rings is 10. The molecule has 3 N–H and O–H groups in total. The normalized spacial score (nSPS) is 13.5. The van der Waals surface area contributed by atoms with Gasteiger partial charge in [-0.2, -0.15) is 0 Å². The molecule has 18 nitrogen and oxygen atoms in total. The van der Waals surface area contributed by atoms with Crippen LogP contribution >= 0.6 is 0 Å². The standard InChI is InChI=1S/C37H36N2O10S3.2C33H39N3/c1-3-38(24-26-7-5-9-33(21-26)50(41,42)43)30-15-11-28(12-16-30)37(35-20-19-32(40)23-36(35)52(47,48)49)29-13-17-31(18-14-29)39(4-2)25-27-8-6-10-34(22-27)51(44,45)46;2*1-6-34-32-24-23-31(29-13-11-12-14-30(29)32)33(25-15-19-27(20-16-25)35(7-2)8-3)26-17-21-28(22-18-26)36(9-4)10-5/h5-23H,3-4,24-25H2,1-2H3,(H3,41,42,43,44,45,46,47,48,49);2*11-24H,6-10H2,1-5H3. The molecule has 0 amide bonds. The first-order valence-electron chi connectivity index (χ1n) is 42.9. The van der Waals surface area contributed by atoms with Crippen molar-refractivity contribution in [1.82, 2.24) is 0 Å². The summed E-state index contributed by atoms with van der Waals surface area (Å²) >= 11 is 0. The lowest BCUT2D eigenvalue weighted by atomic mass is 9.83. The molecule has 13 rings (SSSR count). The Morgan fingerprint density at radius 1 is 0.339 bits per heavy atom. The van der Waals surface area contributed by atoms with E-state index in [4.69, 9.17) is 0 Å². The monoisotopic (exact) mass is 1720 g/mol. The van der Waals surface area contributed by atoms with Crippen LogP contribution in [-0.2, 0) is 43.4 Å². The number of rotatable bonds is 30. The van der Waals surface area contributed by atoms with E-state index in [-0.39, 0.29) is 15.4 Å². The molecule has 10 aromatic carbocycles. The van der Waals surface area contributed by atoms with E-state index in [0.717, 1.165) is 82.9 Å². The molecule has 0 saturated heterocycles. The fourth-order valence-electron chi connectivity index (χ4n) is 16.3. The third-order valence-electron chi connectivity index (χ3n) is 22.7. The van der Waals surface area contributed by atoms with Crippen molar-refractivity contribution in [3.8, 4) is 5.75 Å². The third kappa shape index (κ3) is 22.5. The van der Waals surface area contributed by atoms with Crippen LogP contribution in [0, 0.1) is 0 Å². The van der Waals surface area contributed by atoms with E-state index in [0.29, 0.717) is 54.0 Å². The van der Waals surface area contributed by atoms with Gasteiger partial charge in [0.05, 0.1) is 25.8 Å². The maximum absolute atomic E-state index is 12.4. The molecule has 0 aromatic heterocycles. The number of nitrogens with one attached hydrogen (secondary N) is 2. The van der Waals surface area contributed by atoms with Crippen molar-refractivity contribution < 1.29 is 58.6 Å². The second-order valence-corrected chi connectivity index (χ2v) is 34.0. The van der Waals surface area contributed by atoms with Crippen molar-refractivity contribution in [2.45, 2.75) is 111 Å². The van der Waals surface area contributed by atoms with Crippen LogP contribution in [-0.4, -0.2) is 144 Å². The number of hydrogen-bond donors (Lipinski definition) is 3. The molecule has 3 aliphatic rings. The van der Waals surface area contributed by atoms with Crippen molar-refractivity contribution in [3.05, 3.63) is 358 Å². The van der Waals surface area contributed by atoms with Gasteiger partial charge >= 0.3 is 0 Å². The highest BCUT2D eigenvalue weighted by atomic mass is 32.2. The molecule has 0 aliphatic heterocycles. The zero-order valence-electron chi connectivity index (χ0n) is 73.1. The van der Waals surface area contributed by atoms with Crippen LogP contribution in [0.2, 0.25) is 0 Å². The van der Waals surface area contributed by atoms with Crippen LogP contribution in [0.15, 0.2) is 305 Å². The van der Waals surface area contributed by atoms with Crippen molar-refractivity contribution in [2.24, 2.45) is 0 Å². The van der Waals surface area contributed by atoms with Gasteiger partial charge in [0, 0.05) is 129 Å². The van der Waals surface area contributed by atoms with Crippen molar-refractivity contribution >= 4 is 104 Å². The van der Waals surface area contributed by atoms with Gasteiger partial charge in [-0.25, -0.2) is 39.8 Å². The first kappa shape index (κ1) is 92.6. The Bertz CT molecular complexity index is 5780. The molecule has 0 bridgehead atoms.